The van der Waals surface area contributed by atoms with Crippen LogP contribution in [0.15, 0.2) is 52.9 Å². The van der Waals surface area contributed by atoms with Gasteiger partial charge in [-0.1, -0.05) is 46.8 Å². The van der Waals surface area contributed by atoms with Crippen LogP contribution in [0.25, 0.3) is 21.7 Å². The van der Waals surface area contributed by atoms with Crippen LogP contribution in [0, 0.1) is 0 Å². The highest BCUT2D eigenvalue weighted by Crippen LogP contribution is 2.35. The van der Waals surface area contributed by atoms with Gasteiger partial charge in [0.05, 0.1) is 10.2 Å². The first-order valence-corrected chi connectivity index (χ1v) is 10.2. The summed E-state index contributed by atoms with van der Waals surface area (Å²) in [6, 6.07) is 15.8. The number of benzene rings is 2. The second kappa shape index (κ2) is 7.75. The lowest BCUT2D eigenvalue weighted by molar-refractivity contribution is 0.195. The van der Waals surface area contributed by atoms with E-state index in [9.17, 15) is 9.90 Å². The van der Waals surface area contributed by atoms with Gasteiger partial charge in [-0.2, -0.15) is 0 Å². The molecule has 0 saturated heterocycles. The van der Waals surface area contributed by atoms with E-state index in [1.165, 1.54) is 16.2 Å². The zero-order valence-corrected chi connectivity index (χ0v) is 17.6. The third kappa shape index (κ3) is 4.11. The number of thiazole rings is 1. The predicted molar refractivity (Wildman–Crippen MR) is 117 cm³/mol. The number of nitrogens with zero attached hydrogens (tertiary/aromatic N) is 4. The van der Waals surface area contributed by atoms with E-state index in [2.05, 4.69) is 20.5 Å². The molecule has 2 N–H and O–H groups in total. The fraction of sp³-hybridized carbons (Fsp3) is 0.238. The van der Waals surface area contributed by atoms with E-state index in [0.29, 0.717) is 23.6 Å². The SMILES string of the molecule is CC(C)(C)N(C(=O)O)c1nc2ccc(-c3nnc(NCc4ccccc4)o3)cc2s1. The van der Waals surface area contributed by atoms with Gasteiger partial charge in [0, 0.05) is 17.6 Å². The van der Waals surface area contributed by atoms with E-state index in [1.807, 2.05) is 69.3 Å². The summed E-state index contributed by atoms with van der Waals surface area (Å²) in [6.45, 7) is 6.08. The van der Waals surface area contributed by atoms with Crippen LogP contribution in [0.2, 0.25) is 0 Å². The molecule has 2 heterocycles. The molecule has 0 spiro atoms. The molecule has 0 atom stereocenters. The highest BCUT2D eigenvalue weighted by Gasteiger charge is 2.30. The molecule has 0 bridgehead atoms. The van der Waals surface area contributed by atoms with Crippen molar-refractivity contribution in [2.75, 3.05) is 10.2 Å². The Hall–Kier alpha value is -3.46. The van der Waals surface area contributed by atoms with Crippen LogP contribution < -0.4 is 10.2 Å². The van der Waals surface area contributed by atoms with E-state index in [-0.39, 0.29) is 0 Å². The average Bonchev–Trinajstić information content (AvgIpc) is 3.32. The molecule has 4 rings (SSSR count). The Bertz CT molecular complexity index is 1180. The Morgan fingerprint density at radius 1 is 1.17 bits per heavy atom. The lowest BCUT2D eigenvalue weighted by Gasteiger charge is -2.30. The number of hydrogen-bond donors (Lipinski definition) is 2. The minimum absolute atomic E-state index is 0.337. The van der Waals surface area contributed by atoms with Crippen LogP contribution in [-0.2, 0) is 6.54 Å². The lowest BCUT2D eigenvalue weighted by atomic mass is 10.1. The molecule has 0 aliphatic carbocycles. The van der Waals surface area contributed by atoms with Gasteiger partial charge < -0.3 is 14.8 Å². The van der Waals surface area contributed by atoms with E-state index in [4.69, 9.17) is 4.42 Å². The number of aromatic nitrogens is 3. The Kier molecular flexibility index (Phi) is 5.13. The maximum Gasteiger partial charge on any atom is 0.414 e. The van der Waals surface area contributed by atoms with Crippen LogP contribution in [0.3, 0.4) is 0 Å². The average molecular weight is 423 g/mol. The number of amides is 1. The van der Waals surface area contributed by atoms with Gasteiger partial charge >= 0.3 is 12.1 Å². The number of fused-ring (bicyclic) bond motifs is 1. The number of carboxylic acid groups (broad SMARTS) is 1. The maximum absolute atomic E-state index is 11.7. The van der Waals surface area contributed by atoms with Gasteiger partial charge in [0.15, 0.2) is 5.13 Å². The highest BCUT2D eigenvalue weighted by atomic mass is 32.1. The third-order valence-corrected chi connectivity index (χ3v) is 5.39. The van der Waals surface area contributed by atoms with Gasteiger partial charge in [0.25, 0.3) is 0 Å². The van der Waals surface area contributed by atoms with Crippen molar-refractivity contribution in [2.24, 2.45) is 0 Å². The Morgan fingerprint density at radius 2 is 1.93 bits per heavy atom. The normalized spacial score (nSPS) is 11.6. The van der Waals surface area contributed by atoms with Gasteiger partial charge in [-0.25, -0.2) is 14.7 Å². The van der Waals surface area contributed by atoms with Crippen molar-refractivity contribution >= 4 is 38.8 Å². The van der Waals surface area contributed by atoms with Crippen LogP contribution in [0.4, 0.5) is 15.9 Å². The number of rotatable bonds is 5. The molecule has 0 aliphatic rings. The van der Waals surface area contributed by atoms with Crippen molar-refractivity contribution < 1.29 is 14.3 Å². The second-order valence-electron chi connectivity index (χ2n) is 7.72. The summed E-state index contributed by atoms with van der Waals surface area (Å²) in [5.74, 6) is 0.383. The quantitative estimate of drug-likeness (QED) is 0.452. The van der Waals surface area contributed by atoms with E-state index in [1.54, 1.807) is 0 Å². The van der Waals surface area contributed by atoms with E-state index < -0.39 is 11.6 Å². The molecule has 154 valence electrons. The van der Waals surface area contributed by atoms with Crippen molar-refractivity contribution in [3.8, 4) is 11.5 Å². The first kappa shape index (κ1) is 19.8. The Labute approximate surface area is 177 Å². The van der Waals surface area contributed by atoms with Crippen LogP contribution in [-0.4, -0.2) is 31.9 Å². The summed E-state index contributed by atoms with van der Waals surface area (Å²) in [6.07, 6.45) is -1.03. The number of anilines is 2. The summed E-state index contributed by atoms with van der Waals surface area (Å²) in [4.78, 5) is 17.5. The van der Waals surface area contributed by atoms with Gasteiger partial charge in [-0.3, -0.25) is 0 Å². The Morgan fingerprint density at radius 3 is 2.63 bits per heavy atom. The molecule has 2 aromatic carbocycles. The minimum atomic E-state index is -1.03. The van der Waals surface area contributed by atoms with Gasteiger partial charge in [-0.05, 0) is 44.5 Å². The maximum atomic E-state index is 11.7. The highest BCUT2D eigenvalue weighted by molar-refractivity contribution is 7.22. The number of hydrogen-bond acceptors (Lipinski definition) is 7. The molecule has 30 heavy (non-hydrogen) atoms. The second-order valence-corrected chi connectivity index (χ2v) is 8.73. The zero-order chi connectivity index (χ0) is 21.3. The third-order valence-electron chi connectivity index (χ3n) is 4.39. The van der Waals surface area contributed by atoms with Gasteiger partial charge in [-0.15, -0.1) is 5.10 Å². The number of nitrogens with one attached hydrogen (secondary N) is 1. The zero-order valence-electron chi connectivity index (χ0n) is 16.8. The molecule has 4 aromatic rings. The first-order chi connectivity index (χ1) is 14.3. The molecule has 9 heteroatoms. The smallest absolute Gasteiger partial charge is 0.414 e. The largest absolute Gasteiger partial charge is 0.465 e. The summed E-state index contributed by atoms with van der Waals surface area (Å²) >= 11 is 1.31. The predicted octanol–water partition coefficient (Wildman–Crippen LogP) is 5.24. The summed E-state index contributed by atoms with van der Waals surface area (Å²) < 4.78 is 6.58. The molecule has 8 nitrogen and oxygen atoms in total. The van der Waals surface area contributed by atoms with Gasteiger partial charge in [0.2, 0.25) is 5.89 Å². The standard InChI is InChI=1S/C21H21N5O3S/c1-21(2,3)26(20(27)28)19-23-15-10-9-14(11-16(15)30-19)17-24-25-18(29-17)22-12-13-7-5-4-6-8-13/h4-11H,12H2,1-3H3,(H,22,25)(H,27,28). The summed E-state index contributed by atoms with van der Waals surface area (Å²) in [5, 5.41) is 21.3. The molecule has 0 aliphatic heterocycles. The number of carbonyl (C=O) groups is 1. The first-order valence-electron chi connectivity index (χ1n) is 9.37. The molecular weight excluding hydrogens is 402 g/mol. The van der Waals surface area contributed by atoms with Crippen molar-refractivity contribution in [1.29, 1.82) is 0 Å². The van der Waals surface area contributed by atoms with E-state index >= 15 is 0 Å². The summed E-state index contributed by atoms with van der Waals surface area (Å²) in [5.41, 5.74) is 1.97. The van der Waals surface area contributed by atoms with Crippen molar-refractivity contribution in [2.45, 2.75) is 32.9 Å². The molecule has 1 amide bonds. The fourth-order valence-electron chi connectivity index (χ4n) is 2.98. The molecule has 0 unspecified atom stereocenters. The minimum Gasteiger partial charge on any atom is -0.465 e. The molecule has 0 saturated carbocycles. The monoisotopic (exact) mass is 423 g/mol. The van der Waals surface area contributed by atoms with Crippen molar-refractivity contribution in [3.63, 3.8) is 0 Å². The van der Waals surface area contributed by atoms with Crippen LogP contribution >= 0.6 is 11.3 Å². The lowest BCUT2D eigenvalue weighted by Crippen LogP contribution is -2.45. The van der Waals surface area contributed by atoms with Gasteiger partial charge in [0.1, 0.15) is 0 Å². The topological polar surface area (TPSA) is 104 Å². The summed E-state index contributed by atoms with van der Waals surface area (Å²) in [7, 11) is 0. The molecule has 0 radical (unpaired) electrons. The van der Waals surface area contributed by atoms with Crippen LogP contribution in [0.5, 0.6) is 0 Å². The van der Waals surface area contributed by atoms with E-state index in [0.717, 1.165) is 21.3 Å². The Balaban J connectivity index is 1.57. The van der Waals surface area contributed by atoms with Crippen molar-refractivity contribution in [1.82, 2.24) is 15.2 Å². The molecular formula is C21H21N5O3S. The van der Waals surface area contributed by atoms with Crippen LogP contribution in [0.1, 0.15) is 26.3 Å². The van der Waals surface area contributed by atoms with Crippen molar-refractivity contribution in [3.05, 3.63) is 54.1 Å². The molecule has 2 aromatic heterocycles. The fourth-order valence-corrected chi connectivity index (χ4v) is 4.17. The molecule has 0 fully saturated rings.